The molecule has 0 atom stereocenters. The van der Waals surface area contributed by atoms with E-state index in [1.165, 1.54) is 22.3 Å². The van der Waals surface area contributed by atoms with Crippen molar-refractivity contribution in [2.45, 2.75) is 53.2 Å². The Kier molecular flexibility index (Phi) is 6.67. The highest BCUT2D eigenvalue weighted by Gasteiger charge is 2.22. The maximum absolute atomic E-state index is 5.76. The molecule has 23 heavy (non-hydrogen) atoms. The first kappa shape index (κ1) is 18.0. The number of hydrogen-bond donors (Lipinski definition) is 0. The van der Waals surface area contributed by atoms with E-state index >= 15 is 0 Å². The molecule has 3 nitrogen and oxygen atoms in total. The minimum atomic E-state index is 0.438. The number of nitrogens with zero attached hydrogens (tertiary/aromatic N) is 1. The quantitative estimate of drug-likeness (QED) is 0.779. The summed E-state index contributed by atoms with van der Waals surface area (Å²) in [6, 6.07) is 2.17. The van der Waals surface area contributed by atoms with E-state index in [2.05, 4.69) is 50.8 Å². The summed E-state index contributed by atoms with van der Waals surface area (Å²) in [6.45, 7) is 12.5. The Labute approximate surface area is 141 Å². The number of ether oxygens (including phenoxy) is 2. The lowest BCUT2D eigenvalue weighted by molar-refractivity contribution is 0.0124. The zero-order valence-corrected chi connectivity index (χ0v) is 15.3. The maximum atomic E-state index is 5.76. The number of hydrogen-bond acceptors (Lipinski definition) is 3. The monoisotopic (exact) mass is 317 g/mol. The van der Waals surface area contributed by atoms with Crippen molar-refractivity contribution in [3.05, 3.63) is 34.4 Å². The van der Waals surface area contributed by atoms with Gasteiger partial charge in [-0.1, -0.05) is 12.2 Å². The van der Waals surface area contributed by atoms with Gasteiger partial charge in [0.2, 0.25) is 0 Å². The van der Waals surface area contributed by atoms with Crippen LogP contribution in [0.25, 0.3) is 6.08 Å². The molecule has 0 aliphatic carbocycles. The number of benzene rings is 1. The van der Waals surface area contributed by atoms with Crippen LogP contribution < -0.4 is 4.74 Å². The fraction of sp³-hybridized carbons (Fsp3) is 0.600. The van der Waals surface area contributed by atoms with E-state index in [-0.39, 0.29) is 0 Å². The number of allylic oxidation sites excluding steroid dienone is 1. The van der Waals surface area contributed by atoms with Crippen LogP contribution in [0.2, 0.25) is 0 Å². The SMILES string of the molecule is C/C=C\c1c(C)c(C)cc(OC)c1CN1CCC(OCC)CC1. The predicted molar refractivity (Wildman–Crippen MR) is 97.1 cm³/mol. The Bertz CT molecular complexity index is 543. The van der Waals surface area contributed by atoms with Crippen LogP contribution >= 0.6 is 0 Å². The van der Waals surface area contributed by atoms with Gasteiger partial charge in [0.25, 0.3) is 0 Å². The van der Waals surface area contributed by atoms with Crippen molar-refractivity contribution in [1.82, 2.24) is 4.90 Å². The molecular weight excluding hydrogens is 286 g/mol. The van der Waals surface area contributed by atoms with Crippen molar-refractivity contribution in [3.8, 4) is 5.75 Å². The second-order valence-electron chi connectivity index (χ2n) is 6.34. The van der Waals surface area contributed by atoms with Crippen molar-refractivity contribution in [2.75, 3.05) is 26.8 Å². The topological polar surface area (TPSA) is 21.7 Å². The third-order valence-corrected chi connectivity index (χ3v) is 4.84. The fourth-order valence-corrected chi connectivity index (χ4v) is 3.39. The van der Waals surface area contributed by atoms with E-state index in [9.17, 15) is 0 Å². The van der Waals surface area contributed by atoms with Gasteiger partial charge in [0.05, 0.1) is 13.2 Å². The summed E-state index contributed by atoms with van der Waals surface area (Å²) in [5.74, 6) is 1.01. The molecule has 0 spiro atoms. The Morgan fingerprint density at radius 2 is 1.96 bits per heavy atom. The highest BCUT2D eigenvalue weighted by atomic mass is 16.5. The second kappa shape index (κ2) is 8.51. The molecule has 0 bridgehead atoms. The van der Waals surface area contributed by atoms with E-state index in [4.69, 9.17) is 9.47 Å². The van der Waals surface area contributed by atoms with Crippen LogP contribution in [0.15, 0.2) is 12.1 Å². The summed E-state index contributed by atoms with van der Waals surface area (Å²) in [7, 11) is 1.77. The van der Waals surface area contributed by atoms with Gasteiger partial charge < -0.3 is 9.47 Å². The van der Waals surface area contributed by atoms with Crippen LogP contribution in [-0.4, -0.2) is 37.8 Å². The molecule has 1 aromatic carbocycles. The number of likely N-dealkylation sites (tertiary alicyclic amines) is 1. The van der Waals surface area contributed by atoms with Crippen LogP contribution in [0.3, 0.4) is 0 Å². The third-order valence-electron chi connectivity index (χ3n) is 4.84. The zero-order chi connectivity index (χ0) is 16.8. The fourth-order valence-electron chi connectivity index (χ4n) is 3.39. The highest BCUT2D eigenvalue weighted by molar-refractivity contribution is 5.63. The Hall–Kier alpha value is -1.32. The molecule has 3 heteroatoms. The van der Waals surface area contributed by atoms with Gasteiger partial charge in [-0.15, -0.1) is 0 Å². The Morgan fingerprint density at radius 1 is 1.26 bits per heavy atom. The molecule has 0 saturated carbocycles. The molecule has 1 heterocycles. The van der Waals surface area contributed by atoms with Crippen molar-refractivity contribution in [1.29, 1.82) is 0 Å². The first-order chi connectivity index (χ1) is 11.1. The largest absolute Gasteiger partial charge is 0.496 e. The lowest BCUT2D eigenvalue weighted by atomic mass is 9.95. The average molecular weight is 317 g/mol. The standard InChI is InChI=1S/C20H31NO2/c1-6-8-18-16(4)15(3)13-20(22-5)19(18)14-21-11-9-17(10-12-21)23-7-2/h6,8,13,17H,7,9-12,14H2,1-5H3/b8-6-. The number of methoxy groups -OCH3 is 1. The summed E-state index contributed by atoms with van der Waals surface area (Å²) < 4.78 is 11.4. The van der Waals surface area contributed by atoms with Crippen LogP contribution in [0.4, 0.5) is 0 Å². The maximum Gasteiger partial charge on any atom is 0.124 e. The van der Waals surface area contributed by atoms with Gasteiger partial charge in [-0.05, 0) is 63.3 Å². The van der Waals surface area contributed by atoms with Crippen molar-refractivity contribution < 1.29 is 9.47 Å². The highest BCUT2D eigenvalue weighted by Crippen LogP contribution is 2.31. The van der Waals surface area contributed by atoms with Crippen molar-refractivity contribution >= 4 is 6.08 Å². The van der Waals surface area contributed by atoms with E-state index in [0.29, 0.717) is 6.10 Å². The molecule has 1 aliphatic rings. The predicted octanol–water partition coefficient (Wildman–Crippen LogP) is 4.35. The molecule has 128 valence electrons. The first-order valence-electron chi connectivity index (χ1n) is 8.74. The van der Waals surface area contributed by atoms with E-state index < -0.39 is 0 Å². The second-order valence-corrected chi connectivity index (χ2v) is 6.34. The summed E-state index contributed by atoms with van der Waals surface area (Å²) in [5.41, 5.74) is 5.26. The van der Waals surface area contributed by atoms with Gasteiger partial charge in [-0.25, -0.2) is 0 Å². The summed E-state index contributed by atoms with van der Waals surface area (Å²) in [5, 5.41) is 0. The Balaban J connectivity index is 2.20. The summed E-state index contributed by atoms with van der Waals surface area (Å²) in [6.07, 6.45) is 7.02. The molecule has 1 fully saturated rings. The van der Waals surface area contributed by atoms with Crippen LogP contribution in [-0.2, 0) is 11.3 Å². The van der Waals surface area contributed by atoms with E-state index in [1.807, 2.05) is 0 Å². The van der Waals surface area contributed by atoms with Crippen LogP contribution in [0.1, 0.15) is 48.9 Å². The molecule has 1 aromatic rings. The molecule has 0 N–H and O–H groups in total. The van der Waals surface area contributed by atoms with E-state index in [1.54, 1.807) is 7.11 Å². The van der Waals surface area contributed by atoms with Gasteiger partial charge in [-0.2, -0.15) is 0 Å². The van der Waals surface area contributed by atoms with Gasteiger partial charge in [-0.3, -0.25) is 4.90 Å². The number of rotatable bonds is 6. The number of piperidine rings is 1. The molecule has 2 rings (SSSR count). The third kappa shape index (κ3) is 4.36. The molecule has 0 unspecified atom stereocenters. The smallest absolute Gasteiger partial charge is 0.124 e. The van der Waals surface area contributed by atoms with Crippen LogP contribution in [0, 0.1) is 13.8 Å². The first-order valence-corrected chi connectivity index (χ1v) is 8.74. The normalized spacial score (nSPS) is 17.1. The van der Waals surface area contributed by atoms with Gasteiger partial charge >= 0.3 is 0 Å². The van der Waals surface area contributed by atoms with Gasteiger partial charge in [0.1, 0.15) is 5.75 Å². The summed E-state index contributed by atoms with van der Waals surface area (Å²) in [4.78, 5) is 2.52. The summed E-state index contributed by atoms with van der Waals surface area (Å²) >= 11 is 0. The molecule has 0 radical (unpaired) electrons. The van der Waals surface area contributed by atoms with Crippen molar-refractivity contribution in [2.24, 2.45) is 0 Å². The number of aryl methyl sites for hydroxylation is 1. The van der Waals surface area contributed by atoms with Crippen LogP contribution in [0.5, 0.6) is 5.75 Å². The average Bonchev–Trinajstić information content (AvgIpc) is 2.56. The lowest BCUT2D eigenvalue weighted by Crippen LogP contribution is -2.36. The molecule has 1 saturated heterocycles. The lowest BCUT2D eigenvalue weighted by Gasteiger charge is -2.32. The zero-order valence-electron chi connectivity index (χ0n) is 15.3. The molecule has 0 aromatic heterocycles. The van der Waals surface area contributed by atoms with Gasteiger partial charge in [0, 0.05) is 31.8 Å². The van der Waals surface area contributed by atoms with Gasteiger partial charge in [0.15, 0.2) is 0 Å². The van der Waals surface area contributed by atoms with Crippen molar-refractivity contribution in [3.63, 3.8) is 0 Å². The molecule has 0 amide bonds. The Morgan fingerprint density at radius 3 is 2.52 bits per heavy atom. The molecular formula is C20H31NO2. The minimum Gasteiger partial charge on any atom is -0.496 e. The van der Waals surface area contributed by atoms with E-state index in [0.717, 1.165) is 44.8 Å². The molecule has 1 aliphatic heterocycles. The minimum absolute atomic E-state index is 0.438.